The number of rotatable bonds is 6. The zero-order valence-corrected chi connectivity index (χ0v) is 16.1. The number of nitrogens with one attached hydrogen (secondary N) is 2. The standard InChI is InChI=1S/C21H27N3O2/c1-13(2)6-7-23-20(25)17-10-18(12-22-11-17)21(26)24-19-15(4)8-14(3)9-16(19)5/h8-13H,6-7H2,1-5H3,(H,23,25)(H,24,26). The SMILES string of the molecule is Cc1cc(C)c(NC(=O)c2cncc(C(=O)NCCC(C)C)c2)c(C)c1. The van der Waals surface area contributed by atoms with Crippen molar-refractivity contribution >= 4 is 17.5 Å². The van der Waals surface area contributed by atoms with Crippen LogP contribution < -0.4 is 10.6 Å². The van der Waals surface area contributed by atoms with E-state index in [0.29, 0.717) is 23.6 Å². The first-order valence-corrected chi connectivity index (χ1v) is 8.90. The van der Waals surface area contributed by atoms with E-state index >= 15 is 0 Å². The molecule has 0 aliphatic heterocycles. The lowest BCUT2D eigenvalue weighted by molar-refractivity contribution is 0.0951. The summed E-state index contributed by atoms with van der Waals surface area (Å²) in [6.45, 7) is 10.8. The smallest absolute Gasteiger partial charge is 0.257 e. The van der Waals surface area contributed by atoms with Gasteiger partial charge in [0.05, 0.1) is 11.1 Å². The molecule has 2 aromatic rings. The van der Waals surface area contributed by atoms with Gasteiger partial charge in [-0.25, -0.2) is 0 Å². The maximum absolute atomic E-state index is 12.6. The number of carbonyl (C=O) groups excluding carboxylic acids is 2. The number of hydrogen-bond acceptors (Lipinski definition) is 3. The van der Waals surface area contributed by atoms with Crippen molar-refractivity contribution in [1.29, 1.82) is 0 Å². The van der Waals surface area contributed by atoms with Gasteiger partial charge in [-0.05, 0) is 50.3 Å². The van der Waals surface area contributed by atoms with Crippen LogP contribution in [0.4, 0.5) is 5.69 Å². The van der Waals surface area contributed by atoms with Gasteiger partial charge in [0.1, 0.15) is 0 Å². The Morgan fingerprint density at radius 3 is 2.12 bits per heavy atom. The topological polar surface area (TPSA) is 71.1 Å². The molecule has 0 spiro atoms. The molecule has 2 rings (SSSR count). The van der Waals surface area contributed by atoms with Crippen molar-refractivity contribution in [3.8, 4) is 0 Å². The quantitative estimate of drug-likeness (QED) is 0.823. The fourth-order valence-electron chi connectivity index (χ4n) is 2.83. The van der Waals surface area contributed by atoms with Gasteiger partial charge in [-0.1, -0.05) is 31.5 Å². The second-order valence-electron chi connectivity index (χ2n) is 7.13. The van der Waals surface area contributed by atoms with Gasteiger partial charge in [-0.3, -0.25) is 14.6 Å². The van der Waals surface area contributed by atoms with Gasteiger partial charge in [0.2, 0.25) is 0 Å². The third-order valence-electron chi connectivity index (χ3n) is 4.19. The summed E-state index contributed by atoms with van der Waals surface area (Å²) in [5.74, 6) is 0.0337. The fraction of sp³-hybridized carbons (Fsp3) is 0.381. The first-order valence-electron chi connectivity index (χ1n) is 8.90. The molecule has 0 unspecified atom stereocenters. The Bertz CT molecular complexity index is 790. The molecule has 0 atom stereocenters. The summed E-state index contributed by atoms with van der Waals surface area (Å²) in [5, 5.41) is 5.80. The lowest BCUT2D eigenvalue weighted by Gasteiger charge is -2.13. The van der Waals surface area contributed by atoms with Crippen LogP contribution in [0.25, 0.3) is 0 Å². The van der Waals surface area contributed by atoms with Crippen LogP contribution in [0.3, 0.4) is 0 Å². The molecule has 0 radical (unpaired) electrons. The summed E-state index contributed by atoms with van der Waals surface area (Å²) in [6.07, 6.45) is 3.86. The minimum Gasteiger partial charge on any atom is -0.352 e. The van der Waals surface area contributed by atoms with E-state index in [1.54, 1.807) is 6.07 Å². The molecule has 2 N–H and O–H groups in total. The lowest BCUT2D eigenvalue weighted by atomic mass is 10.0. The number of carbonyl (C=O) groups is 2. The predicted octanol–water partition coefficient (Wildman–Crippen LogP) is 4.04. The molecule has 2 amide bonds. The van der Waals surface area contributed by atoms with Crippen LogP contribution in [0, 0.1) is 26.7 Å². The molecule has 1 heterocycles. The second-order valence-corrected chi connectivity index (χ2v) is 7.13. The molecule has 5 nitrogen and oxygen atoms in total. The van der Waals surface area contributed by atoms with Crippen molar-refractivity contribution in [2.75, 3.05) is 11.9 Å². The molecule has 26 heavy (non-hydrogen) atoms. The van der Waals surface area contributed by atoms with Crippen LogP contribution >= 0.6 is 0 Å². The fourth-order valence-corrected chi connectivity index (χ4v) is 2.83. The highest BCUT2D eigenvalue weighted by atomic mass is 16.2. The van der Waals surface area contributed by atoms with Crippen LogP contribution in [-0.4, -0.2) is 23.3 Å². The van der Waals surface area contributed by atoms with E-state index in [0.717, 1.165) is 28.8 Å². The number of pyridine rings is 1. The molecule has 1 aromatic heterocycles. The van der Waals surface area contributed by atoms with Crippen molar-refractivity contribution in [1.82, 2.24) is 10.3 Å². The van der Waals surface area contributed by atoms with E-state index in [1.165, 1.54) is 12.4 Å². The van der Waals surface area contributed by atoms with Crippen LogP contribution in [0.15, 0.2) is 30.6 Å². The molecule has 0 fully saturated rings. The van der Waals surface area contributed by atoms with Gasteiger partial charge in [-0.2, -0.15) is 0 Å². The Labute approximate surface area is 155 Å². The van der Waals surface area contributed by atoms with Gasteiger partial charge >= 0.3 is 0 Å². The molecule has 1 aromatic carbocycles. The van der Waals surface area contributed by atoms with E-state index in [4.69, 9.17) is 0 Å². The van der Waals surface area contributed by atoms with Crippen molar-refractivity contribution in [3.05, 3.63) is 58.4 Å². The van der Waals surface area contributed by atoms with Gasteiger partial charge in [0.15, 0.2) is 0 Å². The largest absolute Gasteiger partial charge is 0.352 e. The number of amides is 2. The van der Waals surface area contributed by atoms with E-state index in [-0.39, 0.29) is 11.8 Å². The molecule has 0 aliphatic rings. The number of nitrogens with zero attached hydrogens (tertiary/aromatic N) is 1. The zero-order chi connectivity index (χ0) is 19.3. The normalized spacial score (nSPS) is 10.7. The minimum atomic E-state index is -0.274. The van der Waals surface area contributed by atoms with Crippen LogP contribution in [0.5, 0.6) is 0 Å². The average Bonchev–Trinajstić information content (AvgIpc) is 2.57. The van der Waals surface area contributed by atoms with Crippen LogP contribution in [0.2, 0.25) is 0 Å². The average molecular weight is 353 g/mol. The summed E-state index contributed by atoms with van der Waals surface area (Å²) in [5.41, 5.74) is 4.71. The highest BCUT2D eigenvalue weighted by Gasteiger charge is 2.13. The van der Waals surface area contributed by atoms with Crippen molar-refractivity contribution in [2.45, 2.75) is 41.0 Å². The molecule has 0 aliphatic carbocycles. The molecular formula is C21H27N3O2. The number of aryl methyl sites for hydroxylation is 3. The number of hydrogen-bond donors (Lipinski definition) is 2. The zero-order valence-electron chi connectivity index (χ0n) is 16.1. The molecular weight excluding hydrogens is 326 g/mol. The molecule has 0 saturated carbocycles. The lowest BCUT2D eigenvalue weighted by Crippen LogP contribution is -2.26. The minimum absolute atomic E-state index is 0.213. The second kappa shape index (κ2) is 8.61. The Hall–Kier alpha value is -2.69. The van der Waals surface area contributed by atoms with Crippen molar-refractivity contribution < 1.29 is 9.59 Å². The summed E-state index contributed by atoms with van der Waals surface area (Å²) in [6, 6.07) is 5.63. The predicted molar refractivity (Wildman–Crippen MR) is 105 cm³/mol. The van der Waals surface area contributed by atoms with Gasteiger partial charge in [0.25, 0.3) is 11.8 Å². The Balaban J connectivity index is 2.12. The number of aromatic nitrogens is 1. The number of anilines is 1. The Morgan fingerprint density at radius 2 is 1.54 bits per heavy atom. The highest BCUT2D eigenvalue weighted by Crippen LogP contribution is 2.22. The monoisotopic (exact) mass is 353 g/mol. The van der Waals surface area contributed by atoms with Gasteiger partial charge in [0, 0.05) is 24.6 Å². The molecule has 138 valence electrons. The summed E-state index contributed by atoms with van der Waals surface area (Å²) < 4.78 is 0. The van der Waals surface area contributed by atoms with Gasteiger partial charge in [-0.15, -0.1) is 0 Å². The first kappa shape index (κ1) is 19.6. The van der Waals surface area contributed by atoms with Crippen molar-refractivity contribution in [3.63, 3.8) is 0 Å². The molecule has 0 bridgehead atoms. The van der Waals surface area contributed by atoms with E-state index in [2.05, 4.69) is 29.5 Å². The van der Waals surface area contributed by atoms with Crippen LogP contribution in [-0.2, 0) is 0 Å². The van der Waals surface area contributed by atoms with Crippen LogP contribution in [0.1, 0.15) is 57.7 Å². The van der Waals surface area contributed by atoms with E-state index in [9.17, 15) is 9.59 Å². The summed E-state index contributed by atoms with van der Waals surface area (Å²) >= 11 is 0. The third-order valence-corrected chi connectivity index (χ3v) is 4.19. The highest BCUT2D eigenvalue weighted by molar-refractivity contribution is 6.06. The first-order chi connectivity index (χ1) is 12.3. The van der Waals surface area contributed by atoms with Crippen molar-refractivity contribution in [2.24, 2.45) is 5.92 Å². The molecule has 0 saturated heterocycles. The van der Waals surface area contributed by atoms with Gasteiger partial charge < -0.3 is 10.6 Å². The van der Waals surface area contributed by atoms with E-state index < -0.39 is 0 Å². The number of benzene rings is 1. The third kappa shape index (κ3) is 5.15. The maximum atomic E-state index is 12.6. The summed E-state index contributed by atoms with van der Waals surface area (Å²) in [4.78, 5) is 28.9. The maximum Gasteiger partial charge on any atom is 0.257 e. The molecule has 5 heteroatoms. The summed E-state index contributed by atoms with van der Waals surface area (Å²) in [7, 11) is 0. The van der Waals surface area contributed by atoms with E-state index in [1.807, 2.05) is 32.9 Å². The Kier molecular flexibility index (Phi) is 6.50. The Morgan fingerprint density at radius 1 is 0.962 bits per heavy atom.